The van der Waals surface area contributed by atoms with Gasteiger partial charge in [0.2, 0.25) is 10.0 Å². The van der Waals surface area contributed by atoms with E-state index in [4.69, 9.17) is 5.73 Å². The van der Waals surface area contributed by atoms with Crippen molar-refractivity contribution in [2.24, 2.45) is 5.92 Å². The number of hydrogen-bond donors (Lipinski definition) is 2. The molecule has 1 aromatic rings. The molecule has 1 unspecified atom stereocenters. The summed E-state index contributed by atoms with van der Waals surface area (Å²) in [6.45, 7) is 3.83. The van der Waals surface area contributed by atoms with E-state index in [2.05, 4.69) is 4.72 Å². The number of thioether (sulfide) groups is 1. The van der Waals surface area contributed by atoms with Gasteiger partial charge in [0.1, 0.15) is 10.7 Å². The van der Waals surface area contributed by atoms with E-state index in [1.54, 1.807) is 18.7 Å². The number of halogens is 1. The van der Waals surface area contributed by atoms with Crippen LogP contribution in [0.4, 0.5) is 10.1 Å². The standard InChI is InChI=1S/C12H19FN2O2S2/c1-8(7-18-3)6-15-19(16,17)12-5-11(14)9(2)4-10(12)13/h4-5,8,15H,6-7,14H2,1-3H3. The van der Waals surface area contributed by atoms with E-state index in [1.807, 2.05) is 13.2 Å². The molecule has 0 aliphatic heterocycles. The minimum Gasteiger partial charge on any atom is -0.398 e. The van der Waals surface area contributed by atoms with Crippen LogP contribution in [0.1, 0.15) is 12.5 Å². The molecule has 0 radical (unpaired) electrons. The van der Waals surface area contributed by atoms with Crippen LogP contribution in [0.2, 0.25) is 0 Å². The maximum absolute atomic E-state index is 13.7. The molecule has 0 saturated heterocycles. The second kappa shape index (κ2) is 6.58. The fourth-order valence-corrected chi connectivity index (χ4v) is 3.49. The summed E-state index contributed by atoms with van der Waals surface area (Å²) in [5.74, 6) is 0.230. The zero-order valence-corrected chi connectivity index (χ0v) is 12.9. The van der Waals surface area contributed by atoms with Crippen LogP contribution in [-0.4, -0.2) is 27.0 Å². The van der Waals surface area contributed by atoms with Crippen molar-refractivity contribution in [1.29, 1.82) is 0 Å². The van der Waals surface area contributed by atoms with Gasteiger partial charge >= 0.3 is 0 Å². The average Bonchev–Trinajstić information content (AvgIpc) is 2.31. The maximum atomic E-state index is 13.7. The van der Waals surface area contributed by atoms with Gasteiger partial charge < -0.3 is 5.73 Å². The minimum atomic E-state index is -3.86. The highest BCUT2D eigenvalue weighted by Gasteiger charge is 2.20. The molecule has 3 N–H and O–H groups in total. The molecule has 0 saturated carbocycles. The molecule has 0 heterocycles. The Kier molecular flexibility index (Phi) is 5.64. The Morgan fingerprint density at radius 1 is 1.47 bits per heavy atom. The molecule has 1 rings (SSSR count). The summed E-state index contributed by atoms with van der Waals surface area (Å²) >= 11 is 1.63. The third-order valence-corrected chi connectivity index (χ3v) is 5.02. The summed E-state index contributed by atoms with van der Waals surface area (Å²) in [4.78, 5) is -0.396. The fraction of sp³-hybridized carbons (Fsp3) is 0.500. The van der Waals surface area contributed by atoms with Gasteiger partial charge in [-0.05, 0) is 42.5 Å². The third-order valence-electron chi connectivity index (χ3n) is 2.68. The average molecular weight is 306 g/mol. The van der Waals surface area contributed by atoms with Crippen LogP contribution >= 0.6 is 11.8 Å². The molecular weight excluding hydrogens is 287 g/mol. The molecule has 0 amide bonds. The SMILES string of the molecule is CSCC(C)CNS(=O)(=O)c1cc(N)c(C)cc1F. The van der Waals surface area contributed by atoms with Crippen LogP contribution in [0.5, 0.6) is 0 Å². The molecule has 0 fully saturated rings. The van der Waals surface area contributed by atoms with Crippen LogP contribution in [-0.2, 0) is 10.0 Å². The first-order chi connectivity index (χ1) is 8.77. The van der Waals surface area contributed by atoms with Gasteiger partial charge in [0, 0.05) is 12.2 Å². The summed E-state index contributed by atoms with van der Waals surface area (Å²) in [6, 6.07) is 2.29. The number of nitrogens with two attached hydrogens (primary N) is 1. The number of aryl methyl sites for hydroxylation is 1. The lowest BCUT2D eigenvalue weighted by atomic mass is 10.2. The monoisotopic (exact) mass is 306 g/mol. The van der Waals surface area contributed by atoms with Crippen LogP contribution < -0.4 is 10.5 Å². The molecule has 4 nitrogen and oxygen atoms in total. The molecule has 108 valence electrons. The molecule has 0 spiro atoms. The number of anilines is 1. The van der Waals surface area contributed by atoms with Gasteiger partial charge in [0.25, 0.3) is 0 Å². The van der Waals surface area contributed by atoms with Crippen molar-refractivity contribution in [3.8, 4) is 0 Å². The van der Waals surface area contributed by atoms with Crippen LogP contribution in [0, 0.1) is 18.7 Å². The predicted octanol–water partition coefficient (Wildman–Crippen LogP) is 1.99. The highest BCUT2D eigenvalue weighted by Crippen LogP contribution is 2.21. The van der Waals surface area contributed by atoms with E-state index in [0.29, 0.717) is 5.56 Å². The lowest BCUT2D eigenvalue weighted by Gasteiger charge is -2.13. The van der Waals surface area contributed by atoms with Gasteiger partial charge in [-0.15, -0.1) is 0 Å². The van der Waals surface area contributed by atoms with Crippen molar-refractivity contribution < 1.29 is 12.8 Å². The Hall–Kier alpha value is -0.790. The highest BCUT2D eigenvalue weighted by molar-refractivity contribution is 7.98. The Labute approximate surface area is 118 Å². The summed E-state index contributed by atoms with van der Waals surface area (Å²) in [6.07, 6.45) is 1.95. The zero-order valence-electron chi connectivity index (χ0n) is 11.2. The maximum Gasteiger partial charge on any atom is 0.243 e. The minimum absolute atomic E-state index is 0.177. The van der Waals surface area contributed by atoms with Crippen LogP contribution in [0.3, 0.4) is 0 Å². The summed E-state index contributed by atoms with van der Waals surface area (Å²) < 4.78 is 40.2. The van der Waals surface area contributed by atoms with Crippen molar-refractivity contribution in [2.45, 2.75) is 18.7 Å². The Morgan fingerprint density at radius 3 is 2.68 bits per heavy atom. The number of hydrogen-bond acceptors (Lipinski definition) is 4. The van der Waals surface area contributed by atoms with E-state index in [0.717, 1.165) is 17.9 Å². The van der Waals surface area contributed by atoms with Crippen molar-refractivity contribution in [3.05, 3.63) is 23.5 Å². The third kappa shape index (κ3) is 4.36. The molecule has 19 heavy (non-hydrogen) atoms. The molecule has 0 aromatic heterocycles. The predicted molar refractivity (Wildman–Crippen MR) is 78.3 cm³/mol. The second-order valence-corrected chi connectivity index (χ2v) is 7.20. The highest BCUT2D eigenvalue weighted by atomic mass is 32.2. The summed E-state index contributed by atoms with van der Waals surface area (Å²) in [5, 5.41) is 0. The van der Waals surface area contributed by atoms with Gasteiger partial charge in [-0.2, -0.15) is 11.8 Å². The number of rotatable bonds is 6. The molecule has 0 bridgehead atoms. The lowest BCUT2D eigenvalue weighted by Crippen LogP contribution is -2.30. The van der Waals surface area contributed by atoms with Crippen molar-refractivity contribution in [1.82, 2.24) is 4.72 Å². The Bertz CT molecular complexity index is 547. The fourth-order valence-electron chi connectivity index (χ4n) is 1.55. The number of sulfonamides is 1. The van der Waals surface area contributed by atoms with Crippen LogP contribution in [0.25, 0.3) is 0 Å². The zero-order chi connectivity index (χ0) is 14.6. The summed E-state index contributed by atoms with van der Waals surface area (Å²) in [7, 11) is -3.86. The normalized spacial score (nSPS) is 13.5. The van der Waals surface area contributed by atoms with Gasteiger partial charge in [-0.1, -0.05) is 6.92 Å². The molecule has 1 aromatic carbocycles. The molecule has 0 aliphatic rings. The Balaban J connectivity index is 2.92. The Morgan fingerprint density at radius 2 is 2.11 bits per heavy atom. The quantitative estimate of drug-likeness (QED) is 0.789. The van der Waals surface area contributed by atoms with Gasteiger partial charge in [-0.3, -0.25) is 0 Å². The van der Waals surface area contributed by atoms with Crippen molar-refractivity contribution in [2.75, 3.05) is 24.3 Å². The van der Waals surface area contributed by atoms with E-state index in [-0.39, 0.29) is 18.2 Å². The topological polar surface area (TPSA) is 72.2 Å². The van der Waals surface area contributed by atoms with Gasteiger partial charge in [0.15, 0.2) is 0 Å². The van der Waals surface area contributed by atoms with E-state index in [9.17, 15) is 12.8 Å². The van der Waals surface area contributed by atoms with Gasteiger partial charge in [-0.25, -0.2) is 17.5 Å². The molecular formula is C12H19FN2O2S2. The number of nitrogens with one attached hydrogen (secondary N) is 1. The number of benzene rings is 1. The number of nitrogen functional groups attached to an aromatic ring is 1. The lowest BCUT2D eigenvalue weighted by molar-refractivity contribution is 0.545. The first-order valence-electron chi connectivity index (χ1n) is 5.82. The molecule has 7 heteroatoms. The smallest absolute Gasteiger partial charge is 0.243 e. The van der Waals surface area contributed by atoms with E-state index >= 15 is 0 Å². The molecule has 0 aliphatic carbocycles. The largest absolute Gasteiger partial charge is 0.398 e. The first kappa shape index (κ1) is 16.3. The second-order valence-electron chi connectivity index (χ2n) is 4.55. The van der Waals surface area contributed by atoms with E-state index < -0.39 is 20.7 Å². The van der Waals surface area contributed by atoms with Crippen molar-refractivity contribution in [3.63, 3.8) is 0 Å². The molecule has 1 atom stereocenters. The summed E-state index contributed by atoms with van der Waals surface area (Å²) in [5.41, 5.74) is 6.41. The van der Waals surface area contributed by atoms with E-state index in [1.165, 1.54) is 0 Å². The first-order valence-corrected chi connectivity index (χ1v) is 8.70. The van der Waals surface area contributed by atoms with Crippen molar-refractivity contribution >= 4 is 27.5 Å². The van der Waals surface area contributed by atoms with Crippen LogP contribution in [0.15, 0.2) is 17.0 Å². The van der Waals surface area contributed by atoms with Gasteiger partial charge in [0.05, 0.1) is 0 Å².